The van der Waals surface area contributed by atoms with Crippen molar-refractivity contribution in [3.05, 3.63) is 18.0 Å². The summed E-state index contributed by atoms with van der Waals surface area (Å²) in [6, 6.07) is 2.33. The van der Waals surface area contributed by atoms with Crippen LogP contribution in [0.1, 0.15) is 35.8 Å². The summed E-state index contributed by atoms with van der Waals surface area (Å²) >= 11 is 0. The molecular weight excluding hydrogens is 166 g/mol. The van der Waals surface area contributed by atoms with Crippen molar-refractivity contribution in [2.45, 2.75) is 31.3 Å². The van der Waals surface area contributed by atoms with Crippen LogP contribution in [0.4, 0.5) is 0 Å². The van der Waals surface area contributed by atoms with Gasteiger partial charge >= 0.3 is 0 Å². The number of rotatable bonds is 2. The Morgan fingerprint density at radius 2 is 2.46 bits per heavy atom. The van der Waals surface area contributed by atoms with Crippen LogP contribution in [0, 0.1) is 0 Å². The predicted octanol–water partition coefficient (Wildman–Crippen LogP) is 0.748. The van der Waals surface area contributed by atoms with Crippen molar-refractivity contribution in [3.63, 3.8) is 0 Å². The average molecular weight is 179 g/mol. The number of aromatic nitrogens is 2. The summed E-state index contributed by atoms with van der Waals surface area (Å²) in [5.74, 6) is 0. The van der Waals surface area contributed by atoms with E-state index in [1.165, 1.54) is 0 Å². The summed E-state index contributed by atoms with van der Waals surface area (Å²) in [6.07, 6.45) is 5.50. The van der Waals surface area contributed by atoms with Gasteiger partial charge in [0.15, 0.2) is 6.29 Å². The molecule has 1 saturated carbocycles. The Hall–Kier alpha value is -1.16. The van der Waals surface area contributed by atoms with E-state index >= 15 is 0 Å². The van der Waals surface area contributed by atoms with Crippen molar-refractivity contribution in [2.24, 2.45) is 5.73 Å². The third kappa shape index (κ3) is 1.49. The summed E-state index contributed by atoms with van der Waals surface area (Å²) in [5, 5.41) is 4.13. The molecule has 0 bridgehead atoms. The highest BCUT2D eigenvalue weighted by Gasteiger charge is 2.24. The topological polar surface area (TPSA) is 60.9 Å². The van der Waals surface area contributed by atoms with Crippen molar-refractivity contribution in [1.29, 1.82) is 0 Å². The number of carbonyl (C=O) groups excluding carboxylic acids is 1. The molecule has 2 atom stereocenters. The fraction of sp³-hybridized carbons (Fsp3) is 0.556. The van der Waals surface area contributed by atoms with Gasteiger partial charge in [-0.3, -0.25) is 9.48 Å². The first-order valence-corrected chi connectivity index (χ1v) is 4.55. The van der Waals surface area contributed by atoms with Crippen molar-refractivity contribution < 1.29 is 4.79 Å². The smallest absolute Gasteiger partial charge is 0.168 e. The van der Waals surface area contributed by atoms with Crippen LogP contribution in [0.3, 0.4) is 0 Å². The fourth-order valence-electron chi connectivity index (χ4n) is 1.94. The molecule has 0 aromatic carbocycles. The zero-order valence-electron chi connectivity index (χ0n) is 7.39. The molecule has 1 aromatic heterocycles. The molecule has 0 saturated heterocycles. The minimum atomic E-state index is 0.272. The van der Waals surface area contributed by atoms with Gasteiger partial charge in [0.25, 0.3) is 0 Å². The highest BCUT2D eigenvalue weighted by atomic mass is 16.1. The van der Waals surface area contributed by atoms with Crippen LogP contribution in [-0.2, 0) is 0 Å². The van der Waals surface area contributed by atoms with Crippen LogP contribution < -0.4 is 5.73 Å². The molecular formula is C9H13N3O. The molecule has 4 nitrogen and oxygen atoms in total. The Kier molecular flexibility index (Phi) is 2.14. The average Bonchev–Trinajstić information content (AvgIpc) is 2.71. The number of aldehydes is 1. The van der Waals surface area contributed by atoms with Crippen LogP contribution in [0.2, 0.25) is 0 Å². The second-order valence-electron chi connectivity index (χ2n) is 3.55. The second-order valence-corrected chi connectivity index (χ2v) is 3.55. The van der Waals surface area contributed by atoms with Crippen LogP contribution in [0.15, 0.2) is 12.3 Å². The van der Waals surface area contributed by atoms with Crippen LogP contribution in [0.25, 0.3) is 0 Å². The van der Waals surface area contributed by atoms with E-state index in [1.54, 1.807) is 16.9 Å². The summed E-state index contributed by atoms with van der Waals surface area (Å²) in [7, 11) is 0. The highest BCUT2D eigenvalue weighted by molar-refractivity contribution is 5.71. The van der Waals surface area contributed by atoms with E-state index < -0.39 is 0 Å². The largest absolute Gasteiger partial charge is 0.328 e. The van der Waals surface area contributed by atoms with Gasteiger partial charge < -0.3 is 5.73 Å². The molecule has 0 radical (unpaired) electrons. The lowest BCUT2D eigenvalue weighted by atomic mass is 10.2. The molecule has 1 aliphatic rings. The summed E-state index contributed by atoms with van der Waals surface area (Å²) in [5.41, 5.74) is 6.45. The molecule has 2 unspecified atom stereocenters. The molecule has 2 rings (SSSR count). The minimum absolute atomic E-state index is 0.272. The Morgan fingerprint density at radius 1 is 1.62 bits per heavy atom. The first kappa shape index (κ1) is 8.44. The molecule has 1 aliphatic carbocycles. The monoisotopic (exact) mass is 179 g/mol. The van der Waals surface area contributed by atoms with Gasteiger partial charge in [0, 0.05) is 12.2 Å². The molecule has 4 heteroatoms. The Balaban J connectivity index is 2.20. The fourth-order valence-corrected chi connectivity index (χ4v) is 1.94. The summed E-state index contributed by atoms with van der Waals surface area (Å²) < 4.78 is 1.79. The molecule has 1 fully saturated rings. The predicted molar refractivity (Wildman–Crippen MR) is 48.5 cm³/mol. The summed E-state index contributed by atoms with van der Waals surface area (Å²) in [4.78, 5) is 10.6. The van der Waals surface area contributed by atoms with E-state index in [2.05, 4.69) is 5.10 Å². The van der Waals surface area contributed by atoms with Crippen molar-refractivity contribution in [2.75, 3.05) is 0 Å². The normalized spacial score (nSPS) is 27.8. The van der Waals surface area contributed by atoms with E-state index in [0.717, 1.165) is 25.5 Å². The SMILES string of the molecule is NC1CCC(n2nccc2C=O)C1. The lowest BCUT2D eigenvalue weighted by Gasteiger charge is -2.11. The van der Waals surface area contributed by atoms with Crippen molar-refractivity contribution in [1.82, 2.24) is 9.78 Å². The minimum Gasteiger partial charge on any atom is -0.328 e. The van der Waals surface area contributed by atoms with Gasteiger partial charge in [-0.25, -0.2) is 0 Å². The number of hydrogen-bond donors (Lipinski definition) is 1. The molecule has 2 N–H and O–H groups in total. The molecule has 0 amide bonds. The zero-order chi connectivity index (χ0) is 9.26. The zero-order valence-corrected chi connectivity index (χ0v) is 7.39. The van der Waals surface area contributed by atoms with Crippen LogP contribution in [0.5, 0.6) is 0 Å². The number of nitrogens with two attached hydrogens (primary N) is 1. The maximum absolute atomic E-state index is 10.6. The molecule has 0 aliphatic heterocycles. The van der Waals surface area contributed by atoms with Gasteiger partial charge in [0.05, 0.1) is 6.04 Å². The Bertz CT molecular complexity index is 308. The first-order valence-electron chi connectivity index (χ1n) is 4.55. The van der Waals surface area contributed by atoms with Gasteiger partial charge in [-0.15, -0.1) is 0 Å². The lowest BCUT2D eigenvalue weighted by molar-refractivity contribution is 0.111. The maximum atomic E-state index is 10.6. The quantitative estimate of drug-likeness (QED) is 0.681. The first-order chi connectivity index (χ1) is 6.31. The van der Waals surface area contributed by atoms with Gasteiger partial charge in [-0.2, -0.15) is 5.10 Å². The Labute approximate surface area is 76.7 Å². The number of nitrogens with zero attached hydrogens (tertiary/aromatic N) is 2. The van der Waals surface area contributed by atoms with E-state index in [4.69, 9.17) is 5.73 Å². The van der Waals surface area contributed by atoms with Gasteiger partial charge in [0.1, 0.15) is 5.69 Å². The maximum Gasteiger partial charge on any atom is 0.168 e. The molecule has 1 aromatic rings. The summed E-state index contributed by atoms with van der Waals surface area (Å²) in [6.45, 7) is 0. The van der Waals surface area contributed by atoms with Crippen molar-refractivity contribution >= 4 is 6.29 Å². The van der Waals surface area contributed by atoms with E-state index in [9.17, 15) is 4.79 Å². The standard InChI is InChI=1S/C9H13N3O/c10-7-1-2-8(5-7)12-9(6-13)3-4-11-12/h3-4,6-8H,1-2,5,10H2. The third-order valence-electron chi connectivity index (χ3n) is 2.61. The molecule has 0 spiro atoms. The van der Waals surface area contributed by atoms with E-state index in [0.29, 0.717) is 11.7 Å². The highest BCUT2D eigenvalue weighted by Crippen LogP contribution is 2.28. The van der Waals surface area contributed by atoms with Gasteiger partial charge in [-0.1, -0.05) is 0 Å². The van der Waals surface area contributed by atoms with Gasteiger partial charge in [-0.05, 0) is 25.3 Å². The van der Waals surface area contributed by atoms with Crippen LogP contribution >= 0.6 is 0 Å². The van der Waals surface area contributed by atoms with Gasteiger partial charge in [0.2, 0.25) is 0 Å². The number of carbonyl (C=O) groups is 1. The van der Waals surface area contributed by atoms with Crippen LogP contribution in [-0.4, -0.2) is 22.1 Å². The van der Waals surface area contributed by atoms with E-state index in [1.807, 2.05) is 0 Å². The second kappa shape index (κ2) is 3.30. The Morgan fingerprint density at radius 3 is 3.08 bits per heavy atom. The number of hydrogen-bond acceptors (Lipinski definition) is 3. The molecule has 70 valence electrons. The lowest BCUT2D eigenvalue weighted by Crippen LogP contribution is -2.17. The van der Waals surface area contributed by atoms with Crippen molar-refractivity contribution in [3.8, 4) is 0 Å². The molecule has 1 heterocycles. The third-order valence-corrected chi connectivity index (χ3v) is 2.61. The van der Waals surface area contributed by atoms with E-state index in [-0.39, 0.29) is 6.04 Å². The molecule has 13 heavy (non-hydrogen) atoms.